The summed E-state index contributed by atoms with van der Waals surface area (Å²) in [5.41, 5.74) is 5.51. The van der Waals surface area contributed by atoms with E-state index in [2.05, 4.69) is 10.2 Å². The van der Waals surface area contributed by atoms with Crippen LogP contribution < -0.4 is 11.1 Å². The van der Waals surface area contributed by atoms with Crippen LogP contribution >= 0.6 is 24.8 Å². The molecule has 120 valence electrons. The second kappa shape index (κ2) is 9.82. The van der Waals surface area contributed by atoms with Crippen LogP contribution in [0.2, 0.25) is 0 Å². The number of carbonyl (C=O) groups excluding carboxylic acids is 1. The molecule has 1 saturated carbocycles. The Balaban J connectivity index is 0.00000180. The van der Waals surface area contributed by atoms with Gasteiger partial charge in [-0.1, -0.05) is 19.8 Å². The number of amides is 1. The monoisotopic (exact) mass is 325 g/mol. The van der Waals surface area contributed by atoms with Crippen LogP contribution in [0.25, 0.3) is 0 Å². The predicted molar refractivity (Wildman–Crippen MR) is 87.7 cm³/mol. The maximum atomic E-state index is 11.8. The second-order valence-corrected chi connectivity index (χ2v) is 6.04. The van der Waals surface area contributed by atoms with Gasteiger partial charge >= 0.3 is 0 Å². The number of rotatable bonds is 5. The number of halogens is 2. The molecule has 1 aliphatic carbocycles. The Hall–Kier alpha value is -0.0300. The first-order valence-electron chi connectivity index (χ1n) is 7.42. The van der Waals surface area contributed by atoms with Gasteiger partial charge < -0.3 is 16.0 Å². The molecule has 20 heavy (non-hydrogen) atoms. The molecule has 0 aromatic rings. The quantitative estimate of drug-likeness (QED) is 0.810. The zero-order valence-electron chi connectivity index (χ0n) is 12.3. The summed E-state index contributed by atoms with van der Waals surface area (Å²) in [6.45, 7) is 5.72. The van der Waals surface area contributed by atoms with Crippen LogP contribution in [0.15, 0.2) is 0 Å². The van der Waals surface area contributed by atoms with Crippen LogP contribution in [0.5, 0.6) is 0 Å². The summed E-state index contributed by atoms with van der Waals surface area (Å²) >= 11 is 0. The van der Waals surface area contributed by atoms with Crippen molar-refractivity contribution in [2.45, 2.75) is 45.1 Å². The third kappa shape index (κ3) is 5.76. The molecule has 2 rings (SSSR count). The Kier molecular flexibility index (Phi) is 9.81. The molecule has 4 nitrogen and oxygen atoms in total. The molecule has 0 spiro atoms. The normalized spacial score (nSPS) is 24.8. The van der Waals surface area contributed by atoms with Crippen LogP contribution in [0.4, 0.5) is 0 Å². The summed E-state index contributed by atoms with van der Waals surface area (Å²) < 4.78 is 0. The molecule has 6 heteroatoms. The summed E-state index contributed by atoms with van der Waals surface area (Å²) in [5.74, 6) is 0.960. The lowest BCUT2D eigenvalue weighted by atomic mass is 10.1. The van der Waals surface area contributed by atoms with Crippen molar-refractivity contribution < 1.29 is 4.79 Å². The van der Waals surface area contributed by atoms with E-state index in [9.17, 15) is 4.79 Å². The van der Waals surface area contributed by atoms with Gasteiger partial charge in [0.15, 0.2) is 0 Å². The minimum Gasteiger partial charge on any atom is -0.352 e. The lowest BCUT2D eigenvalue weighted by Crippen LogP contribution is -2.42. The van der Waals surface area contributed by atoms with Gasteiger partial charge in [0, 0.05) is 38.1 Å². The number of nitrogens with zero attached hydrogens (tertiary/aromatic N) is 1. The van der Waals surface area contributed by atoms with Crippen molar-refractivity contribution in [1.29, 1.82) is 0 Å². The van der Waals surface area contributed by atoms with Gasteiger partial charge in [-0.25, -0.2) is 0 Å². The SMILES string of the molecule is CC(CN)C(=O)NC1CCN(CC2CCCC2)C1.Cl.Cl. The smallest absolute Gasteiger partial charge is 0.224 e. The number of hydrogen-bond acceptors (Lipinski definition) is 3. The fourth-order valence-electron chi connectivity index (χ4n) is 3.12. The number of nitrogens with one attached hydrogen (secondary N) is 1. The number of hydrogen-bond donors (Lipinski definition) is 2. The molecule has 0 aromatic heterocycles. The van der Waals surface area contributed by atoms with E-state index in [-0.39, 0.29) is 36.6 Å². The van der Waals surface area contributed by atoms with Crippen molar-refractivity contribution in [2.75, 3.05) is 26.2 Å². The standard InChI is InChI=1S/C14H27N3O.2ClH/c1-11(8-15)14(18)16-13-6-7-17(10-13)9-12-4-2-3-5-12;;/h11-13H,2-10,15H2,1H3,(H,16,18);2*1H. The van der Waals surface area contributed by atoms with Gasteiger partial charge in [-0.05, 0) is 25.2 Å². The fourth-order valence-corrected chi connectivity index (χ4v) is 3.12. The molecule has 1 amide bonds. The molecular weight excluding hydrogens is 297 g/mol. The second-order valence-electron chi connectivity index (χ2n) is 6.04. The lowest BCUT2D eigenvalue weighted by Gasteiger charge is -2.21. The molecule has 0 radical (unpaired) electrons. The lowest BCUT2D eigenvalue weighted by molar-refractivity contribution is -0.124. The van der Waals surface area contributed by atoms with Gasteiger partial charge in [0.05, 0.1) is 0 Å². The van der Waals surface area contributed by atoms with Crippen molar-refractivity contribution in [2.24, 2.45) is 17.6 Å². The van der Waals surface area contributed by atoms with Gasteiger partial charge in [0.1, 0.15) is 0 Å². The predicted octanol–water partition coefficient (Wildman–Crippen LogP) is 1.81. The Bertz CT molecular complexity index is 286. The molecule has 0 aromatic carbocycles. The zero-order valence-corrected chi connectivity index (χ0v) is 14.0. The summed E-state index contributed by atoms with van der Waals surface area (Å²) in [6.07, 6.45) is 6.71. The average molecular weight is 326 g/mol. The fraction of sp³-hybridized carbons (Fsp3) is 0.929. The van der Waals surface area contributed by atoms with Crippen molar-refractivity contribution in [3.05, 3.63) is 0 Å². The first-order valence-corrected chi connectivity index (χ1v) is 7.42. The Morgan fingerprint density at radius 2 is 1.95 bits per heavy atom. The maximum Gasteiger partial charge on any atom is 0.224 e. The number of nitrogens with two attached hydrogens (primary N) is 1. The van der Waals surface area contributed by atoms with Crippen molar-refractivity contribution in [1.82, 2.24) is 10.2 Å². The third-order valence-electron chi connectivity index (χ3n) is 4.41. The van der Waals surface area contributed by atoms with Crippen LogP contribution in [0, 0.1) is 11.8 Å². The van der Waals surface area contributed by atoms with E-state index in [1.165, 1.54) is 32.2 Å². The van der Waals surface area contributed by atoms with Gasteiger partial charge in [-0.3, -0.25) is 4.79 Å². The minimum atomic E-state index is -0.0612. The highest BCUT2D eigenvalue weighted by Gasteiger charge is 2.27. The largest absolute Gasteiger partial charge is 0.352 e. The van der Waals surface area contributed by atoms with Crippen LogP contribution in [-0.2, 0) is 4.79 Å². The highest BCUT2D eigenvalue weighted by Crippen LogP contribution is 2.26. The van der Waals surface area contributed by atoms with E-state index in [1.54, 1.807) is 0 Å². The molecule has 2 fully saturated rings. The molecule has 1 aliphatic heterocycles. The summed E-state index contributed by atoms with van der Waals surface area (Å²) in [7, 11) is 0. The Morgan fingerprint density at radius 1 is 1.30 bits per heavy atom. The molecule has 0 bridgehead atoms. The molecule has 2 atom stereocenters. The van der Waals surface area contributed by atoms with Gasteiger partial charge in [0.2, 0.25) is 5.91 Å². The van der Waals surface area contributed by atoms with E-state index in [0.717, 1.165) is 25.4 Å². The van der Waals surface area contributed by atoms with Crippen LogP contribution in [-0.4, -0.2) is 43.0 Å². The summed E-state index contributed by atoms with van der Waals surface area (Å²) in [5, 5.41) is 3.12. The first-order chi connectivity index (χ1) is 8.69. The Labute approximate surface area is 135 Å². The number of likely N-dealkylation sites (tertiary alicyclic amines) is 1. The average Bonchev–Trinajstić information content (AvgIpc) is 3.01. The van der Waals surface area contributed by atoms with E-state index in [1.807, 2.05) is 6.92 Å². The summed E-state index contributed by atoms with van der Waals surface area (Å²) in [6, 6.07) is 0.341. The van der Waals surface area contributed by atoms with Crippen molar-refractivity contribution in [3.63, 3.8) is 0 Å². The highest BCUT2D eigenvalue weighted by atomic mass is 35.5. The van der Waals surface area contributed by atoms with Crippen LogP contribution in [0.1, 0.15) is 39.0 Å². The van der Waals surface area contributed by atoms with E-state index in [0.29, 0.717) is 12.6 Å². The topological polar surface area (TPSA) is 58.4 Å². The third-order valence-corrected chi connectivity index (χ3v) is 4.41. The van der Waals surface area contributed by atoms with Gasteiger partial charge in [-0.15, -0.1) is 24.8 Å². The zero-order chi connectivity index (χ0) is 13.0. The minimum absolute atomic E-state index is 0. The molecule has 2 aliphatic rings. The molecule has 2 unspecified atom stereocenters. The summed E-state index contributed by atoms with van der Waals surface area (Å²) in [4.78, 5) is 14.3. The maximum absolute atomic E-state index is 11.8. The van der Waals surface area contributed by atoms with Gasteiger partial charge in [0.25, 0.3) is 0 Å². The molecule has 1 saturated heterocycles. The van der Waals surface area contributed by atoms with Crippen LogP contribution in [0.3, 0.4) is 0 Å². The number of carbonyl (C=O) groups is 1. The van der Waals surface area contributed by atoms with Gasteiger partial charge in [-0.2, -0.15) is 0 Å². The highest BCUT2D eigenvalue weighted by molar-refractivity contribution is 5.85. The van der Waals surface area contributed by atoms with Crippen molar-refractivity contribution in [3.8, 4) is 0 Å². The Morgan fingerprint density at radius 3 is 2.55 bits per heavy atom. The first kappa shape index (κ1) is 20.0. The van der Waals surface area contributed by atoms with E-state index >= 15 is 0 Å². The van der Waals surface area contributed by atoms with E-state index < -0.39 is 0 Å². The van der Waals surface area contributed by atoms with Crippen molar-refractivity contribution >= 4 is 30.7 Å². The molecule has 3 N–H and O–H groups in total. The van der Waals surface area contributed by atoms with E-state index in [4.69, 9.17) is 5.73 Å². The molecular formula is C14H29Cl2N3O. The molecule has 1 heterocycles.